The molecule has 0 N–H and O–H groups in total. The molecular formula is C16H26O3. The van der Waals surface area contributed by atoms with Gasteiger partial charge in [-0.2, -0.15) is 0 Å². The van der Waals surface area contributed by atoms with Crippen LogP contribution in [0.5, 0.6) is 0 Å². The number of Topliss-reactive ketones (excluding diaryl/α,β-unsaturated/α-hetero) is 1. The van der Waals surface area contributed by atoms with Gasteiger partial charge in [0.05, 0.1) is 7.11 Å². The minimum atomic E-state index is -0.174. The van der Waals surface area contributed by atoms with E-state index in [4.69, 9.17) is 4.74 Å². The zero-order valence-corrected chi connectivity index (χ0v) is 12.6. The quantitative estimate of drug-likeness (QED) is 0.718. The molecule has 4 atom stereocenters. The molecule has 0 aromatic carbocycles. The van der Waals surface area contributed by atoms with Gasteiger partial charge in [0.2, 0.25) is 0 Å². The highest BCUT2D eigenvalue weighted by Gasteiger charge is 2.57. The SMILES string of the molecule is CCC1C(CC2C(=O)CCC2CC(=O)OC)C1(C)C. The van der Waals surface area contributed by atoms with Crippen molar-refractivity contribution in [1.29, 1.82) is 0 Å². The lowest BCUT2D eigenvalue weighted by molar-refractivity contribution is -0.142. The second kappa shape index (κ2) is 5.26. The van der Waals surface area contributed by atoms with Crippen LogP contribution in [-0.4, -0.2) is 18.9 Å². The maximum atomic E-state index is 12.1. The minimum absolute atomic E-state index is 0.0972. The summed E-state index contributed by atoms with van der Waals surface area (Å²) in [5.41, 5.74) is 0.382. The summed E-state index contributed by atoms with van der Waals surface area (Å²) in [6, 6.07) is 0. The first-order valence-electron chi connectivity index (χ1n) is 7.51. The highest BCUT2D eigenvalue weighted by atomic mass is 16.5. The van der Waals surface area contributed by atoms with E-state index >= 15 is 0 Å². The van der Waals surface area contributed by atoms with E-state index in [1.165, 1.54) is 13.5 Å². The summed E-state index contributed by atoms with van der Waals surface area (Å²) >= 11 is 0. The first-order valence-corrected chi connectivity index (χ1v) is 7.51. The maximum Gasteiger partial charge on any atom is 0.305 e. The summed E-state index contributed by atoms with van der Waals surface area (Å²) in [5, 5.41) is 0. The molecule has 0 bridgehead atoms. The van der Waals surface area contributed by atoms with Gasteiger partial charge in [0.1, 0.15) is 5.78 Å². The van der Waals surface area contributed by atoms with Crippen molar-refractivity contribution < 1.29 is 14.3 Å². The van der Waals surface area contributed by atoms with Crippen molar-refractivity contribution in [3.8, 4) is 0 Å². The van der Waals surface area contributed by atoms with Crippen molar-refractivity contribution in [3.63, 3.8) is 0 Å². The molecular weight excluding hydrogens is 240 g/mol. The lowest BCUT2D eigenvalue weighted by Crippen LogP contribution is -2.20. The summed E-state index contributed by atoms with van der Waals surface area (Å²) < 4.78 is 4.75. The zero-order chi connectivity index (χ0) is 14.2. The third-order valence-electron chi connectivity index (χ3n) is 5.64. The molecule has 3 heteroatoms. The van der Waals surface area contributed by atoms with Crippen LogP contribution >= 0.6 is 0 Å². The summed E-state index contributed by atoms with van der Waals surface area (Å²) in [5.74, 6) is 1.91. The van der Waals surface area contributed by atoms with Gasteiger partial charge in [-0.25, -0.2) is 0 Å². The summed E-state index contributed by atoms with van der Waals surface area (Å²) in [4.78, 5) is 23.5. The van der Waals surface area contributed by atoms with Crippen LogP contribution in [0.25, 0.3) is 0 Å². The molecule has 0 aliphatic heterocycles. The zero-order valence-electron chi connectivity index (χ0n) is 12.6. The molecule has 2 fully saturated rings. The number of carbonyl (C=O) groups excluding carboxylic acids is 2. The van der Waals surface area contributed by atoms with E-state index in [2.05, 4.69) is 20.8 Å². The van der Waals surface area contributed by atoms with Crippen LogP contribution in [0.1, 0.15) is 52.9 Å². The minimum Gasteiger partial charge on any atom is -0.469 e. The van der Waals surface area contributed by atoms with Crippen LogP contribution in [0.15, 0.2) is 0 Å². The van der Waals surface area contributed by atoms with Crippen molar-refractivity contribution >= 4 is 11.8 Å². The lowest BCUT2D eigenvalue weighted by Gasteiger charge is -2.18. The Balaban J connectivity index is 1.97. The molecule has 2 saturated carbocycles. The molecule has 2 aliphatic rings. The van der Waals surface area contributed by atoms with E-state index < -0.39 is 0 Å². The molecule has 19 heavy (non-hydrogen) atoms. The molecule has 0 aromatic heterocycles. The normalized spacial score (nSPS) is 36.3. The average molecular weight is 266 g/mol. The van der Waals surface area contributed by atoms with Crippen molar-refractivity contribution in [2.75, 3.05) is 7.11 Å². The van der Waals surface area contributed by atoms with Crippen LogP contribution in [0.3, 0.4) is 0 Å². The molecule has 0 saturated heterocycles. The molecule has 2 rings (SSSR count). The van der Waals surface area contributed by atoms with E-state index in [1.54, 1.807) is 0 Å². The number of carbonyl (C=O) groups is 2. The van der Waals surface area contributed by atoms with Crippen LogP contribution in [-0.2, 0) is 14.3 Å². The second-order valence-corrected chi connectivity index (χ2v) is 6.83. The van der Waals surface area contributed by atoms with E-state index in [0.717, 1.165) is 18.8 Å². The topological polar surface area (TPSA) is 43.4 Å². The average Bonchev–Trinajstić information content (AvgIpc) is 2.72. The first-order chi connectivity index (χ1) is 8.91. The Kier molecular flexibility index (Phi) is 4.03. The Labute approximate surface area is 116 Å². The number of rotatable bonds is 5. The predicted molar refractivity (Wildman–Crippen MR) is 73.5 cm³/mol. The fraction of sp³-hybridized carbons (Fsp3) is 0.875. The summed E-state index contributed by atoms with van der Waals surface area (Å²) in [7, 11) is 1.42. The fourth-order valence-corrected chi connectivity index (χ4v) is 4.25. The van der Waals surface area contributed by atoms with Gasteiger partial charge in [-0.3, -0.25) is 9.59 Å². The van der Waals surface area contributed by atoms with Gasteiger partial charge in [0.15, 0.2) is 0 Å². The molecule has 108 valence electrons. The molecule has 3 nitrogen and oxygen atoms in total. The van der Waals surface area contributed by atoms with E-state index in [1.807, 2.05) is 0 Å². The van der Waals surface area contributed by atoms with E-state index in [0.29, 0.717) is 30.0 Å². The molecule has 0 amide bonds. The number of methoxy groups -OCH3 is 1. The molecule has 0 radical (unpaired) electrons. The van der Waals surface area contributed by atoms with Crippen molar-refractivity contribution in [3.05, 3.63) is 0 Å². The molecule has 0 heterocycles. The van der Waals surface area contributed by atoms with Gasteiger partial charge in [0, 0.05) is 18.8 Å². The van der Waals surface area contributed by atoms with Gasteiger partial charge < -0.3 is 4.74 Å². The maximum absolute atomic E-state index is 12.1. The van der Waals surface area contributed by atoms with Crippen LogP contribution < -0.4 is 0 Å². The number of esters is 1. The second-order valence-electron chi connectivity index (χ2n) is 6.83. The van der Waals surface area contributed by atoms with E-state index in [-0.39, 0.29) is 17.8 Å². The lowest BCUT2D eigenvalue weighted by atomic mass is 9.86. The molecule has 0 spiro atoms. The first kappa shape index (κ1) is 14.5. The summed E-state index contributed by atoms with van der Waals surface area (Å²) in [6.45, 7) is 6.84. The van der Waals surface area contributed by atoms with Crippen molar-refractivity contribution in [1.82, 2.24) is 0 Å². The van der Waals surface area contributed by atoms with Gasteiger partial charge in [-0.1, -0.05) is 27.2 Å². The predicted octanol–water partition coefficient (Wildman–Crippen LogP) is 3.22. The number of hydrogen-bond donors (Lipinski definition) is 0. The Morgan fingerprint density at radius 1 is 1.37 bits per heavy atom. The van der Waals surface area contributed by atoms with E-state index in [9.17, 15) is 9.59 Å². The Morgan fingerprint density at radius 3 is 2.58 bits per heavy atom. The van der Waals surface area contributed by atoms with Crippen LogP contribution in [0, 0.1) is 29.1 Å². The van der Waals surface area contributed by atoms with Crippen LogP contribution in [0.2, 0.25) is 0 Å². The highest BCUT2D eigenvalue weighted by molar-refractivity contribution is 5.84. The molecule has 4 unspecified atom stereocenters. The van der Waals surface area contributed by atoms with Crippen LogP contribution in [0.4, 0.5) is 0 Å². The van der Waals surface area contributed by atoms with Gasteiger partial charge in [0.25, 0.3) is 0 Å². The monoisotopic (exact) mass is 266 g/mol. The molecule has 0 aromatic rings. The van der Waals surface area contributed by atoms with Gasteiger partial charge >= 0.3 is 5.97 Å². The Hall–Kier alpha value is -0.860. The molecule has 2 aliphatic carbocycles. The van der Waals surface area contributed by atoms with Crippen molar-refractivity contribution in [2.45, 2.75) is 52.9 Å². The smallest absolute Gasteiger partial charge is 0.305 e. The fourth-order valence-electron chi connectivity index (χ4n) is 4.25. The third-order valence-corrected chi connectivity index (χ3v) is 5.64. The van der Waals surface area contributed by atoms with Gasteiger partial charge in [-0.15, -0.1) is 0 Å². The summed E-state index contributed by atoms with van der Waals surface area (Å²) in [6.07, 6.45) is 4.10. The number of ether oxygens (including phenoxy) is 1. The Bertz CT molecular complexity index is 372. The highest BCUT2D eigenvalue weighted by Crippen LogP contribution is 2.63. The number of ketones is 1. The van der Waals surface area contributed by atoms with Gasteiger partial charge in [-0.05, 0) is 36.0 Å². The van der Waals surface area contributed by atoms with Crippen molar-refractivity contribution in [2.24, 2.45) is 29.1 Å². The largest absolute Gasteiger partial charge is 0.469 e. The third kappa shape index (κ3) is 2.70. The standard InChI is InChI=1S/C16H26O3/c1-5-12-13(16(12,2)3)9-11-10(6-7-14(11)17)8-15(18)19-4/h10-13H,5-9H2,1-4H3. The Morgan fingerprint density at radius 2 is 2.05 bits per heavy atom. The number of hydrogen-bond acceptors (Lipinski definition) is 3.